The summed E-state index contributed by atoms with van der Waals surface area (Å²) in [4.78, 5) is 14.5. The quantitative estimate of drug-likeness (QED) is 0.888. The van der Waals surface area contributed by atoms with E-state index in [1.165, 1.54) is 0 Å². The highest BCUT2D eigenvalue weighted by atomic mass is 16.5. The first-order chi connectivity index (χ1) is 9.04. The summed E-state index contributed by atoms with van der Waals surface area (Å²) in [7, 11) is 1.64. The zero-order valence-electron chi connectivity index (χ0n) is 11.9. The van der Waals surface area contributed by atoms with Gasteiger partial charge in [-0.3, -0.25) is 4.79 Å². The van der Waals surface area contributed by atoms with Gasteiger partial charge in [-0.15, -0.1) is 0 Å². The van der Waals surface area contributed by atoms with E-state index in [0.717, 1.165) is 37.4 Å². The van der Waals surface area contributed by atoms with Gasteiger partial charge in [-0.25, -0.2) is 0 Å². The minimum absolute atomic E-state index is 0.112. The first kappa shape index (κ1) is 13.9. The van der Waals surface area contributed by atoms with E-state index in [2.05, 4.69) is 5.32 Å². The molecule has 0 saturated carbocycles. The molecule has 0 spiro atoms. The molecule has 19 heavy (non-hydrogen) atoms. The SMILES string of the molecule is COc1cccc(N2CCCCNC(C)(C)C2=O)c1. The fourth-order valence-electron chi connectivity index (χ4n) is 2.34. The van der Waals surface area contributed by atoms with Crippen molar-refractivity contribution in [3.05, 3.63) is 24.3 Å². The fraction of sp³-hybridized carbons (Fsp3) is 0.533. The summed E-state index contributed by atoms with van der Waals surface area (Å²) < 4.78 is 5.24. The maximum absolute atomic E-state index is 12.6. The Kier molecular flexibility index (Phi) is 4.10. The monoisotopic (exact) mass is 262 g/mol. The molecule has 0 unspecified atom stereocenters. The highest BCUT2D eigenvalue weighted by molar-refractivity contribution is 5.99. The second-order valence-electron chi connectivity index (χ2n) is 5.42. The third kappa shape index (κ3) is 3.07. The Balaban J connectivity index is 2.30. The van der Waals surface area contributed by atoms with Crippen molar-refractivity contribution in [1.29, 1.82) is 0 Å². The third-order valence-electron chi connectivity index (χ3n) is 3.52. The molecule has 1 aliphatic heterocycles. The van der Waals surface area contributed by atoms with Gasteiger partial charge in [0.25, 0.3) is 0 Å². The number of carbonyl (C=O) groups excluding carboxylic acids is 1. The molecule has 1 amide bonds. The van der Waals surface area contributed by atoms with Crippen LogP contribution in [0.2, 0.25) is 0 Å². The van der Waals surface area contributed by atoms with Gasteiger partial charge in [0.1, 0.15) is 5.75 Å². The number of rotatable bonds is 2. The van der Waals surface area contributed by atoms with Gasteiger partial charge in [0.15, 0.2) is 0 Å². The van der Waals surface area contributed by atoms with Crippen molar-refractivity contribution in [2.24, 2.45) is 0 Å². The highest BCUT2D eigenvalue weighted by Gasteiger charge is 2.33. The van der Waals surface area contributed by atoms with Gasteiger partial charge in [-0.1, -0.05) is 6.07 Å². The van der Waals surface area contributed by atoms with Crippen molar-refractivity contribution >= 4 is 11.6 Å². The zero-order chi connectivity index (χ0) is 13.9. The summed E-state index contributed by atoms with van der Waals surface area (Å²) in [6.07, 6.45) is 2.09. The number of nitrogens with zero attached hydrogens (tertiary/aromatic N) is 1. The highest BCUT2D eigenvalue weighted by Crippen LogP contribution is 2.24. The van der Waals surface area contributed by atoms with Crippen molar-refractivity contribution in [1.82, 2.24) is 5.32 Å². The Bertz CT molecular complexity index is 457. The van der Waals surface area contributed by atoms with Gasteiger partial charge in [0.2, 0.25) is 5.91 Å². The molecule has 1 heterocycles. The summed E-state index contributed by atoms with van der Waals surface area (Å²) in [6.45, 7) is 5.53. The van der Waals surface area contributed by atoms with Crippen LogP contribution in [0, 0.1) is 0 Å². The van der Waals surface area contributed by atoms with Crippen molar-refractivity contribution in [2.45, 2.75) is 32.2 Å². The second kappa shape index (κ2) is 5.61. The maximum atomic E-state index is 12.6. The zero-order valence-corrected chi connectivity index (χ0v) is 11.9. The van der Waals surface area contributed by atoms with Gasteiger partial charge in [-0.2, -0.15) is 0 Å². The Morgan fingerprint density at radius 3 is 2.84 bits per heavy atom. The molecule has 1 aromatic rings. The molecule has 0 radical (unpaired) electrons. The van der Waals surface area contributed by atoms with Crippen LogP contribution in [0.4, 0.5) is 5.69 Å². The standard InChI is InChI=1S/C15H22N2O2/c1-15(2)14(18)17(10-5-4-9-16-15)12-7-6-8-13(11-12)19-3/h6-8,11,16H,4-5,9-10H2,1-3H3. The van der Waals surface area contributed by atoms with Gasteiger partial charge < -0.3 is 15.0 Å². The van der Waals surface area contributed by atoms with E-state index in [1.807, 2.05) is 43.0 Å². The number of ether oxygens (including phenoxy) is 1. The predicted molar refractivity (Wildman–Crippen MR) is 76.7 cm³/mol. The predicted octanol–water partition coefficient (Wildman–Crippen LogP) is 2.19. The van der Waals surface area contributed by atoms with Crippen LogP contribution in [0.15, 0.2) is 24.3 Å². The first-order valence-corrected chi connectivity index (χ1v) is 6.75. The summed E-state index contributed by atoms with van der Waals surface area (Å²) in [5.41, 5.74) is 0.380. The van der Waals surface area contributed by atoms with Crippen molar-refractivity contribution in [2.75, 3.05) is 25.1 Å². The molecule has 1 aliphatic rings. The molecular formula is C15H22N2O2. The van der Waals surface area contributed by atoms with E-state index in [-0.39, 0.29) is 5.91 Å². The average Bonchev–Trinajstić information content (AvgIpc) is 2.41. The number of amides is 1. The maximum Gasteiger partial charge on any atom is 0.246 e. The van der Waals surface area contributed by atoms with Gasteiger partial charge >= 0.3 is 0 Å². The molecule has 1 N–H and O–H groups in total. The molecule has 2 rings (SSSR count). The molecule has 4 heteroatoms. The minimum Gasteiger partial charge on any atom is -0.497 e. The number of hydrogen-bond acceptors (Lipinski definition) is 3. The molecule has 0 atom stereocenters. The Hall–Kier alpha value is -1.55. The molecule has 0 bridgehead atoms. The van der Waals surface area contributed by atoms with E-state index in [4.69, 9.17) is 4.74 Å². The Morgan fingerprint density at radius 1 is 1.32 bits per heavy atom. The van der Waals surface area contributed by atoms with Crippen LogP contribution in [-0.2, 0) is 4.79 Å². The number of anilines is 1. The van der Waals surface area contributed by atoms with E-state index >= 15 is 0 Å². The Labute approximate surface area is 114 Å². The number of benzene rings is 1. The molecule has 104 valence electrons. The fourth-order valence-corrected chi connectivity index (χ4v) is 2.34. The number of carbonyl (C=O) groups is 1. The average molecular weight is 262 g/mol. The van der Waals surface area contributed by atoms with Gasteiger partial charge in [0.05, 0.1) is 12.6 Å². The largest absolute Gasteiger partial charge is 0.497 e. The van der Waals surface area contributed by atoms with Gasteiger partial charge in [-0.05, 0) is 45.4 Å². The van der Waals surface area contributed by atoms with E-state index < -0.39 is 5.54 Å². The summed E-state index contributed by atoms with van der Waals surface area (Å²) >= 11 is 0. The number of methoxy groups -OCH3 is 1. The smallest absolute Gasteiger partial charge is 0.246 e. The minimum atomic E-state index is -0.524. The summed E-state index contributed by atoms with van der Waals surface area (Å²) in [5, 5.41) is 3.32. The molecule has 0 aromatic heterocycles. The summed E-state index contributed by atoms with van der Waals surface area (Å²) in [6, 6.07) is 7.68. The number of nitrogens with one attached hydrogen (secondary N) is 1. The van der Waals surface area contributed by atoms with Crippen LogP contribution in [-0.4, -0.2) is 31.6 Å². The van der Waals surface area contributed by atoms with E-state index in [0.29, 0.717) is 0 Å². The Morgan fingerprint density at radius 2 is 2.11 bits per heavy atom. The third-order valence-corrected chi connectivity index (χ3v) is 3.52. The molecular weight excluding hydrogens is 240 g/mol. The molecule has 0 aliphatic carbocycles. The molecule has 1 saturated heterocycles. The lowest BCUT2D eigenvalue weighted by Gasteiger charge is -2.35. The van der Waals surface area contributed by atoms with Crippen LogP contribution >= 0.6 is 0 Å². The molecule has 1 aromatic carbocycles. The molecule has 1 fully saturated rings. The van der Waals surface area contributed by atoms with E-state index in [1.54, 1.807) is 7.11 Å². The van der Waals surface area contributed by atoms with Crippen molar-refractivity contribution < 1.29 is 9.53 Å². The van der Waals surface area contributed by atoms with Crippen LogP contribution in [0.5, 0.6) is 5.75 Å². The van der Waals surface area contributed by atoms with Crippen molar-refractivity contribution in [3.8, 4) is 5.75 Å². The molecule has 4 nitrogen and oxygen atoms in total. The second-order valence-corrected chi connectivity index (χ2v) is 5.42. The van der Waals surface area contributed by atoms with Crippen LogP contribution in [0.1, 0.15) is 26.7 Å². The normalized spacial score (nSPS) is 19.7. The lowest BCUT2D eigenvalue weighted by Crippen LogP contribution is -2.56. The lowest BCUT2D eigenvalue weighted by molar-refractivity contribution is -0.124. The summed E-state index contributed by atoms with van der Waals surface area (Å²) in [5.74, 6) is 0.888. The van der Waals surface area contributed by atoms with Crippen LogP contribution in [0.25, 0.3) is 0 Å². The van der Waals surface area contributed by atoms with Gasteiger partial charge in [0, 0.05) is 18.3 Å². The number of hydrogen-bond donors (Lipinski definition) is 1. The first-order valence-electron chi connectivity index (χ1n) is 6.75. The lowest BCUT2D eigenvalue weighted by atomic mass is 10.0. The van der Waals surface area contributed by atoms with Crippen LogP contribution < -0.4 is 15.0 Å². The van der Waals surface area contributed by atoms with Crippen molar-refractivity contribution in [3.63, 3.8) is 0 Å². The van der Waals surface area contributed by atoms with Crippen LogP contribution in [0.3, 0.4) is 0 Å². The topological polar surface area (TPSA) is 41.6 Å². The van der Waals surface area contributed by atoms with E-state index in [9.17, 15) is 4.79 Å².